The van der Waals surface area contributed by atoms with E-state index in [1.807, 2.05) is 0 Å². The predicted molar refractivity (Wildman–Crippen MR) is 61.8 cm³/mol. The first-order valence-electron chi connectivity index (χ1n) is 6.77. The first-order chi connectivity index (χ1) is 8.90. The van der Waals surface area contributed by atoms with Gasteiger partial charge in [-0.1, -0.05) is 6.08 Å². The number of carbonyl (C=O) groups is 2. The van der Waals surface area contributed by atoms with E-state index in [2.05, 4.69) is 0 Å². The molecule has 0 aromatic rings. The van der Waals surface area contributed by atoms with E-state index in [1.165, 1.54) is 27.1 Å². The second-order valence-corrected chi connectivity index (χ2v) is 4.44. The molecular formula is C12H21NO4. The van der Waals surface area contributed by atoms with Crippen LogP contribution in [0, 0.1) is 0 Å². The summed E-state index contributed by atoms with van der Waals surface area (Å²) < 4.78 is 26.8. The number of nitrogens with zero attached hydrogens (tertiary/aromatic N) is 1. The fraction of sp³-hybridized carbons (Fsp3) is 0.667. The molecule has 0 unspecified atom stereocenters. The molecule has 17 heavy (non-hydrogen) atoms. The maximum Gasteiger partial charge on any atom is 0.333 e. The molecular weight excluding hydrogens is 222 g/mol. The van der Waals surface area contributed by atoms with Gasteiger partial charge in [0.05, 0.1) is 25.2 Å². The molecule has 0 fully saturated rings. The van der Waals surface area contributed by atoms with Crippen LogP contribution in [0.4, 0.5) is 0 Å². The van der Waals surface area contributed by atoms with Crippen molar-refractivity contribution in [3.8, 4) is 0 Å². The first-order valence-corrected chi connectivity index (χ1v) is 5.27. The number of carboxylic acids is 1. The Morgan fingerprint density at radius 1 is 1.53 bits per heavy atom. The minimum absolute atomic E-state index is 0.146. The molecule has 0 rings (SSSR count). The highest BCUT2D eigenvalue weighted by molar-refractivity contribution is 5.87. The second kappa shape index (κ2) is 6.39. The summed E-state index contributed by atoms with van der Waals surface area (Å²) in [6, 6.07) is 0. The molecule has 0 aromatic carbocycles. The van der Waals surface area contributed by atoms with E-state index >= 15 is 0 Å². The molecule has 0 radical (unpaired) electrons. The van der Waals surface area contributed by atoms with Crippen molar-refractivity contribution in [1.82, 2.24) is 0 Å². The van der Waals surface area contributed by atoms with Gasteiger partial charge in [0.2, 0.25) is 0 Å². The molecule has 0 aliphatic rings. The predicted octanol–water partition coefficient (Wildman–Crippen LogP) is -0.289. The Hall–Kier alpha value is -1.36. The Balaban J connectivity index is 5.00. The Morgan fingerprint density at radius 2 is 2.12 bits per heavy atom. The minimum Gasteiger partial charge on any atom is -0.550 e. The molecule has 5 heteroatoms. The van der Waals surface area contributed by atoms with Gasteiger partial charge in [-0.05, 0) is 13.8 Å². The maximum absolute atomic E-state index is 11.7. The van der Waals surface area contributed by atoms with Gasteiger partial charge < -0.3 is 19.1 Å². The summed E-state index contributed by atoms with van der Waals surface area (Å²) in [5.41, 5.74) is 0.326. The van der Waals surface area contributed by atoms with Crippen molar-refractivity contribution in [2.24, 2.45) is 0 Å². The molecule has 0 heterocycles. The van der Waals surface area contributed by atoms with Gasteiger partial charge >= 0.3 is 5.97 Å². The Bertz CT molecular complexity index is 402. The Morgan fingerprint density at radius 3 is 2.53 bits per heavy atom. The number of aliphatic carboxylic acids is 1. The van der Waals surface area contributed by atoms with Crippen molar-refractivity contribution in [2.75, 3.05) is 27.6 Å². The van der Waals surface area contributed by atoms with Gasteiger partial charge in [0.15, 0.2) is 6.10 Å². The fourth-order valence-electron chi connectivity index (χ4n) is 1.20. The zero-order valence-corrected chi connectivity index (χ0v) is 10.6. The molecule has 0 N–H and O–H groups in total. The van der Waals surface area contributed by atoms with Crippen LogP contribution in [-0.4, -0.2) is 50.1 Å². The number of esters is 1. The lowest BCUT2D eigenvalue weighted by atomic mass is 10.2. The summed E-state index contributed by atoms with van der Waals surface area (Å²) in [6.07, 6.45) is -0.0688. The van der Waals surface area contributed by atoms with E-state index < -0.39 is 35.9 Å². The lowest BCUT2D eigenvalue weighted by Crippen LogP contribution is -2.45. The SMILES string of the molecule is [2H]C([2H])([2H])[N+](C)(C)C[C@@H](CC(=O)[O-])OC(=O)/C(C)=C/C. The second-order valence-electron chi connectivity index (χ2n) is 4.44. The van der Waals surface area contributed by atoms with Crippen molar-refractivity contribution in [3.05, 3.63) is 11.6 Å². The smallest absolute Gasteiger partial charge is 0.333 e. The highest BCUT2D eigenvalue weighted by Crippen LogP contribution is 2.07. The van der Waals surface area contributed by atoms with E-state index in [9.17, 15) is 14.7 Å². The van der Waals surface area contributed by atoms with Crippen LogP contribution < -0.4 is 5.11 Å². The third kappa shape index (κ3) is 7.52. The van der Waals surface area contributed by atoms with Crippen LogP contribution in [0.2, 0.25) is 0 Å². The number of carbonyl (C=O) groups excluding carboxylic acids is 2. The highest BCUT2D eigenvalue weighted by Gasteiger charge is 2.22. The summed E-state index contributed by atoms with van der Waals surface area (Å²) in [6.45, 7) is 0.689. The Labute approximate surface area is 106 Å². The zero-order chi connectivity index (χ0) is 16.1. The summed E-state index contributed by atoms with van der Waals surface area (Å²) in [5.74, 6) is -2.06. The normalized spacial score (nSPS) is 17.6. The van der Waals surface area contributed by atoms with Crippen LogP contribution in [0.3, 0.4) is 0 Å². The third-order valence-corrected chi connectivity index (χ3v) is 2.08. The molecule has 0 aliphatic carbocycles. The quantitative estimate of drug-likeness (QED) is 0.367. The number of ether oxygens (including phenoxy) is 1. The summed E-state index contributed by atoms with van der Waals surface area (Å²) in [4.78, 5) is 22.4. The molecule has 1 atom stereocenters. The number of likely N-dealkylation sites (N-methyl/N-ethyl adjacent to an activating group) is 1. The molecule has 0 saturated carbocycles. The maximum atomic E-state index is 11.7. The van der Waals surface area contributed by atoms with Crippen molar-refractivity contribution in [1.29, 1.82) is 0 Å². The van der Waals surface area contributed by atoms with E-state index in [-0.39, 0.29) is 6.54 Å². The van der Waals surface area contributed by atoms with Crippen LogP contribution in [-0.2, 0) is 14.3 Å². The topological polar surface area (TPSA) is 66.4 Å². The average molecular weight is 246 g/mol. The number of hydrogen-bond acceptors (Lipinski definition) is 4. The minimum atomic E-state index is -2.34. The van der Waals surface area contributed by atoms with Crippen LogP contribution in [0.5, 0.6) is 0 Å². The van der Waals surface area contributed by atoms with Crippen LogP contribution in [0.1, 0.15) is 24.4 Å². The van der Waals surface area contributed by atoms with Gasteiger partial charge in [0, 0.05) is 18.0 Å². The van der Waals surface area contributed by atoms with Crippen molar-refractivity contribution < 1.29 is 28.0 Å². The molecule has 0 amide bonds. The number of quaternary nitrogens is 1. The van der Waals surface area contributed by atoms with Gasteiger partial charge in [0.25, 0.3) is 0 Å². The number of hydrogen-bond donors (Lipinski definition) is 0. The lowest BCUT2D eigenvalue weighted by Gasteiger charge is -2.29. The summed E-state index contributed by atoms with van der Waals surface area (Å²) in [7, 11) is 2.84. The van der Waals surface area contributed by atoms with Crippen molar-refractivity contribution in [2.45, 2.75) is 26.4 Å². The van der Waals surface area contributed by atoms with Gasteiger partial charge in [0.1, 0.15) is 6.54 Å². The highest BCUT2D eigenvalue weighted by atomic mass is 16.5. The first kappa shape index (κ1) is 10.8. The van der Waals surface area contributed by atoms with E-state index in [0.717, 1.165) is 0 Å². The summed E-state index contributed by atoms with van der Waals surface area (Å²) >= 11 is 0. The molecule has 0 saturated heterocycles. The lowest BCUT2D eigenvalue weighted by molar-refractivity contribution is -0.873. The van der Waals surface area contributed by atoms with Gasteiger partial charge in [-0.25, -0.2) is 4.79 Å². The van der Waals surface area contributed by atoms with E-state index in [1.54, 1.807) is 6.92 Å². The Kier molecular flexibility index (Phi) is 4.05. The largest absolute Gasteiger partial charge is 0.550 e. The molecule has 0 aliphatic heterocycles. The van der Waals surface area contributed by atoms with E-state index in [4.69, 9.17) is 8.85 Å². The van der Waals surface area contributed by atoms with Crippen LogP contribution in [0.25, 0.3) is 0 Å². The zero-order valence-electron chi connectivity index (χ0n) is 13.6. The van der Waals surface area contributed by atoms with Crippen molar-refractivity contribution >= 4 is 11.9 Å². The monoisotopic (exact) mass is 246 g/mol. The number of rotatable bonds is 6. The third-order valence-electron chi connectivity index (χ3n) is 2.08. The molecule has 0 aromatic heterocycles. The van der Waals surface area contributed by atoms with Crippen LogP contribution >= 0.6 is 0 Å². The van der Waals surface area contributed by atoms with Gasteiger partial charge in [-0.3, -0.25) is 0 Å². The molecule has 0 bridgehead atoms. The number of allylic oxidation sites excluding steroid dienone is 1. The standard InChI is InChI=1S/C12H21NO4/c1-6-9(2)12(16)17-10(7-11(14)15)8-13(3,4)5/h6,10H,7-8H2,1-5H3/b9-6+/t10-/m1/s1/i3D3. The van der Waals surface area contributed by atoms with Gasteiger partial charge in [-0.2, -0.15) is 0 Å². The number of carboxylic acid groups (broad SMARTS) is 1. The van der Waals surface area contributed by atoms with Crippen molar-refractivity contribution in [3.63, 3.8) is 0 Å². The fourth-order valence-corrected chi connectivity index (χ4v) is 1.20. The summed E-state index contributed by atoms with van der Waals surface area (Å²) in [5, 5.41) is 10.7. The molecule has 5 nitrogen and oxygen atoms in total. The van der Waals surface area contributed by atoms with Crippen LogP contribution in [0.15, 0.2) is 11.6 Å². The molecule has 98 valence electrons. The molecule has 0 spiro atoms. The average Bonchev–Trinajstić information content (AvgIpc) is 2.24. The van der Waals surface area contributed by atoms with E-state index in [0.29, 0.717) is 5.57 Å². The van der Waals surface area contributed by atoms with Gasteiger partial charge in [-0.15, -0.1) is 0 Å².